The zero-order valence-corrected chi connectivity index (χ0v) is 14.4. The molecular formula is C17H19N3O4S. The van der Waals surface area contributed by atoms with Gasteiger partial charge in [0.1, 0.15) is 5.75 Å². The fourth-order valence-corrected chi connectivity index (χ4v) is 4.25. The Morgan fingerprint density at radius 1 is 1.20 bits per heavy atom. The lowest BCUT2D eigenvalue weighted by Gasteiger charge is -2.16. The SMILES string of the molecule is O=C(NCc1ccccn1)c1cc(S(=O)(=O)N2CCCC2)ccc1O. The van der Waals surface area contributed by atoms with Gasteiger partial charge in [-0.05, 0) is 43.2 Å². The number of carbonyl (C=O) groups excluding carboxylic acids is 1. The largest absolute Gasteiger partial charge is 0.507 e. The number of carbonyl (C=O) groups is 1. The third-order valence-electron chi connectivity index (χ3n) is 4.07. The second kappa shape index (κ2) is 7.20. The molecule has 0 bridgehead atoms. The van der Waals surface area contributed by atoms with Crippen molar-refractivity contribution in [2.24, 2.45) is 0 Å². The van der Waals surface area contributed by atoms with Crippen LogP contribution in [0.2, 0.25) is 0 Å². The zero-order valence-electron chi connectivity index (χ0n) is 13.6. The van der Waals surface area contributed by atoms with Crippen LogP contribution in [0.5, 0.6) is 5.75 Å². The minimum atomic E-state index is -3.65. The third kappa shape index (κ3) is 3.80. The standard InChI is InChI=1S/C17H19N3O4S/c21-16-7-6-14(25(23,24)20-9-3-4-10-20)11-15(16)17(22)19-12-13-5-1-2-8-18-13/h1-2,5-8,11,21H,3-4,9-10,12H2,(H,19,22). The Kier molecular flexibility index (Phi) is 5.00. The number of pyridine rings is 1. The van der Waals surface area contributed by atoms with E-state index in [1.54, 1.807) is 24.4 Å². The zero-order chi connectivity index (χ0) is 17.9. The molecule has 2 heterocycles. The summed E-state index contributed by atoms with van der Waals surface area (Å²) in [5.41, 5.74) is 0.590. The first-order valence-electron chi connectivity index (χ1n) is 8.00. The van der Waals surface area contributed by atoms with Gasteiger partial charge in [-0.2, -0.15) is 4.31 Å². The Bertz CT molecular complexity index is 863. The van der Waals surface area contributed by atoms with Gasteiger partial charge in [0.2, 0.25) is 10.0 Å². The Labute approximate surface area is 146 Å². The molecule has 1 aromatic carbocycles. The number of phenolic OH excluding ortho intramolecular Hbond substituents is 1. The summed E-state index contributed by atoms with van der Waals surface area (Å²) in [6.45, 7) is 1.14. The highest BCUT2D eigenvalue weighted by Gasteiger charge is 2.28. The van der Waals surface area contributed by atoms with Crippen molar-refractivity contribution in [3.05, 3.63) is 53.9 Å². The summed E-state index contributed by atoms with van der Waals surface area (Å²) in [6, 6.07) is 9.10. The lowest BCUT2D eigenvalue weighted by molar-refractivity contribution is 0.0947. The van der Waals surface area contributed by atoms with Crippen LogP contribution in [0.3, 0.4) is 0 Å². The van der Waals surface area contributed by atoms with Gasteiger partial charge >= 0.3 is 0 Å². The van der Waals surface area contributed by atoms with Crippen molar-refractivity contribution in [3.63, 3.8) is 0 Å². The molecule has 7 nitrogen and oxygen atoms in total. The molecule has 0 aliphatic carbocycles. The minimum Gasteiger partial charge on any atom is -0.507 e. The third-order valence-corrected chi connectivity index (χ3v) is 5.97. The molecule has 1 aliphatic heterocycles. The fourth-order valence-electron chi connectivity index (χ4n) is 2.70. The predicted molar refractivity (Wildman–Crippen MR) is 91.5 cm³/mol. The molecule has 25 heavy (non-hydrogen) atoms. The number of benzene rings is 1. The number of phenols is 1. The highest BCUT2D eigenvalue weighted by molar-refractivity contribution is 7.89. The quantitative estimate of drug-likeness (QED) is 0.841. The summed E-state index contributed by atoms with van der Waals surface area (Å²) in [5, 5.41) is 12.6. The number of aromatic nitrogens is 1. The van der Waals surface area contributed by atoms with E-state index in [-0.39, 0.29) is 22.8 Å². The van der Waals surface area contributed by atoms with Gasteiger partial charge in [0.25, 0.3) is 5.91 Å². The first-order valence-corrected chi connectivity index (χ1v) is 9.44. The lowest BCUT2D eigenvalue weighted by atomic mass is 10.2. The molecular weight excluding hydrogens is 342 g/mol. The summed E-state index contributed by atoms with van der Waals surface area (Å²) in [6.07, 6.45) is 3.27. The molecule has 1 amide bonds. The molecule has 1 aromatic heterocycles. The van der Waals surface area contributed by atoms with Gasteiger partial charge in [-0.15, -0.1) is 0 Å². The first-order chi connectivity index (χ1) is 12.0. The smallest absolute Gasteiger partial charge is 0.255 e. The van der Waals surface area contributed by atoms with Gasteiger partial charge in [0, 0.05) is 19.3 Å². The van der Waals surface area contributed by atoms with Gasteiger partial charge in [-0.3, -0.25) is 9.78 Å². The topological polar surface area (TPSA) is 99.6 Å². The highest BCUT2D eigenvalue weighted by Crippen LogP contribution is 2.25. The van der Waals surface area contributed by atoms with Crippen LogP contribution in [0.15, 0.2) is 47.5 Å². The van der Waals surface area contributed by atoms with Crippen molar-refractivity contribution in [1.82, 2.24) is 14.6 Å². The van der Waals surface area contributed by atoms with Gasteiger partial charge in [0.15, 0.2) is 0 Å². The Morgan fingerprint density at radius 3 is 2.64 bits per heavy atom. The molecule has 132 valence electrons. The van der Waals surface area contributed by atoms with E-state index in [2.05, 4.69) is 10.3 Å². The van der Waals surface area contributed by atoms with Gasteiger partial charge in [-0.25, -0.2) is 8.42 Å². The van der Waals surface area contributed by atoms with E-state index in [0.29, 0.717) is 18.8 Å². The summed E-state index contributed by atoms with van der Waals surface area (Å²) in [7, 11) is -3.65. The van der Waals surface area contributed by atoms with Gasteiger partial charge in [-0.1, -0.05) is 6.07 Å². The van der Waals surface area contributed by atoms with Gasteiger partial charge in [0.05, 0.1) is 22.7 Å². The van der Waals surface area contributed by atoms with Crippen LogP contribution in [-0.2, 0) is 16.6 Å². The number of hydrogen-bond donors (Lipinski definition) is 2. The maximum Gasteiger partial charge on any atom is 0.255 e. The maximum atomic E-state index is 12.6. The molecule has 1 saturated heterocycles. The van der Waals surface area contributed by atoms with E-state index < -0.39 is 15.9 Å². The Morgan fingerprint density at radius 2 is 1.96 bits per heavy atom. The summed E-state index contributed by atoms with van der Waals surface area (Å²) in [4.78, 5) is 16.4. The molecule has 0 radical (unpaired) electrons. The van der Waals surface area contributed by atoms with Crippen molar-refractivity contribution >= 4 is 15.9 Å². The van der Waals surface area contributed by atoms with Crippen molar-refractivity contribution in [2.45, 2.75) is 24.3 Å². The molecule has 2 N–H and O–H groups in total. The second-order valence-electron chi connectivity index (χ2n) is 5.79. The van der Waals surface area contributed by atoms with Crippen molar-refractivity contribution in [3.8, 4) is 5.75 Å². The number of hydrogen-bond acceptors (Lipinski definition) is 5. The first kappa shape index (κ1) is 17.4. The van der Waals surface area contributed by atoms with E-state index in [1.807, 2.05) is 0 Å². The molecule has 0 spiro atoms. The van der Waals surface area contributed by atoms with Crippen LogP contribution in [0.25, 0.3) is 0 Å². The molecule has 1 aliphatic rings. The van der Waals surface area contributed by atoms with Crippen LogP contribution in [0, 0.1) is 0 Å². The van der Waals surface area contributed by atoms with Crippen LogP contribution in [0.1, 0.15) is 28.9 Å². The van der Waals surface area contributed by atoms with Crippen LogP contribution >= 0.6 is 0 Å². The minimum absolute atomic E-state index is 0.00943. The van der Waals surface area contributed by atoms with Crippen LogP contribution < -0.4 is 5.32 Å². The molecule has 3 rings (SSSR count). The van der Waals surface area contributed by atoms with Gasteiger partial charge < -0.3 is 10.4 Å². The monoisotopic (exact) mass is 361 g/mol. The molecule has 0 atom stereocenters. The summed E-state index contributed by atoms with van der Waals surface area (Å²) in [5.74, 6) is -0.819. The summed E-state index contributed by atoms with van der Waals surface area (Å²) >= 11 is 0. The van der Waals surface area contributed by atoms with Crippen molar-refractivity contribution in [2.75, 3.05) is 13.1 Å². The van der Waals surface area contributed by atoms with E-state index in [1.165, 1.54) is 22.5 Å². The Balaban J connectivity index is 1.80. The number of rotatable bonds is 5. The van der Waals surface area contributed by atoms with E-state index in [9.17, 15) is 18.3 Å². The maximum absolute atomic E-state index is 12.6. The van der Waals surface area contributed by atoms with Crippen molar-refractivity contribution < 1.29 is 18.3 Å². The average molecular weight is 361 g/mol. The number of sulfonamides is 1. The number of nitrogens with zero attached hydrogens (tertiary/aromatic N) is 2. The van der Waals surface area contributed by atoms with Crippen LogP contribution in [-0.4, -0.2) is 41.8 Å². The highest BCUT2D eigenvalue weighted by atomic mass is 32.2. The molecule has 1 fully saturated rings. The Hall–Kier alpha value is -2.45. The van der Waals surface area contributed by atoms with E-state index in [4.69, 9.17) is 0 Å². The molecule has 0 saturated carbocycles. The molecule has 0 unspecified atom stereocenters. The van der Waals surface area contributed by atoms with E-state index in [0.717, 1.165) is 12.8 Å². The normalized spacial score (nSPS) is 15.2. The van der Waals surface area contributed by atoms with Crippen molar-refractivity contribution in [1.29, 1.82) is 0 Å². The average Bonchev–Trinajstić information content (AvgIpc) is 3.16. The fraction of sp³-hybridized carbons (Fsp3) is 0.294. The second-order valence-corrected chi connectivity index (χ2v) is 7.73. The molecule has 8 heteroatoms. The predicted octanol–water partition coefficient (Wildman–Crippen LogP) is 1.50. The molecule has 2 aromatic rings. The van der Waals surface area contributed by atoms with Crippen LogP contribution in [0.4, 0.5) is 0 Å². The summed E-state index contributed by atoms with van der Waals surface area (Å²) < 4.78 is 26.6. The number of aromatic hydroxyl groups is 1. The lowest BCUT2D eigenvalue weighted by Crippen LogP contribution is -2.28. The number of nitrogens with one attached hydrogen (secondary N) is 1. The number of amides is 1. The van der Waals surface area contributed by atoms with E-state index >= 15 is 0 Å².